The number of carboxylic acid groups (broad SMARTS) is 1. The maximum atomic E-state index is 11.4. The van der Waals surface area contributed by atoms with Crippen LogP contribution >= 0.6 is 12.6 Å². The van der Waals surface area contributed by atoms with Crippen LogP contribution in [0.2, 0.25) is 0 Å². The van der Waals surface area contributed by atoms with Gasteiger partial charge in [0.15, 0.2) is 0 Å². The average molecular weight is 203 g/mol. The highest BCUT2D eigenvalue weighted by atomic mass is 32.1. The van der Waals surface area contributed by atoms with Gasteiger partial charge < -0.3 is 10.0 Å². The molecule has 0 aromatic carbocycles. The van der Waals surface area contributed by atoms with E-state index >= 15 is 0 Å². The molecule has 1 rings (SSSR count). The number of nitrogens with zero attached hydrogens (tertiary/aromatic N) is 1. The quantitative estimate of drug-likeness (QED) is 0.652. The summed E-state index contributed by atoms with van der Waals surface area (Å²) in [6.07, 6.45) is 1.69. The van der Waals surface area contributed by atoms with E-state index in [4.69, 9.17) is 5.11 Å². The monoisotopic (exact) mass is 203 g/mol. The Bertz CT molecular complexity index is 219. The van der Waals surface area contributed by atoms with E-state index in [2.05, 4.69) is 12.6 Å². The first-order valence-corrected chi connectivity index (χ1v) is 4.93. The van der Waals surface area contributed by atoms with Gasteiger partial charge in [-0.2, -0.15) is 12.6 Å². The lowest BCUT2D eigenvalue weighted by Crippen LogP contribution is -2.40. The summed E-state index contributed by atoms with van der Waals surface area (Å²) in [7, 11) is 0. The molecule has 1 saturated heterocycles. The van der Waals surface area contributed by atoms with Crippen LogP contribution in [0, 0.1) is 0 Å². The summed E-state index contributed by atoms with van der Waals surface area (Å²) in [5, 5.41) is 8.79. The third kappa shape index (κ3) is 2.37. The minimum Gasteiger partial charge on any atom is -0.480 e. The van der Waals surface area contributed by atoms with Crippen LogP contribution < -0.4 is 0 Å². The zero-order valence-corrected chi connectivity index (χ0v) is 8.17. The number of carbonyl (C=O) groups excluding carboxylic acids is 1. The van der Waals surface area contributed by atoms with Gasteiger partial charge in [0.25, 0.3) is 0 Å². The van der Waals surface area contributed by atoms with Crippen molar-refractivity contribution in [2.75, 3.05) is 12.3 Å². The Morgan fingerprint density at radius 2 is 2.23 bits per heavy atom. The van der Waals surface area contributed by atoms with Crippen LogP contribution in [-0.2, 0) is 9.59 Å². The largest absolute Gasteiger partial charge is 0.480 e. The fourth-order valence-corrected chi connectivity index (χ4v) is 1.75. The predicted octanol–water partition coefficient (Wildman–Crippen LogP) is 0.382. The number of aliphatic carboxylic acids is 1. The molecule has 1 fully saturated rings. The van der Waals surface area contributed by atoms with Crippen molar-refractivity contribution in [3.8, 4) is 0 Å². The van der Waals surface area contributed by atoms with Crippen LogP contribution in [0.15, 0.2) is 0 Å². The number of hydrogen-bond donors (Lipinski definition) is 2. The minimum absolute atomic E-state index is 0.0973. The molecular weight excluding hydrogens is 190 g/mol. The summed E-state index contributed by atoms with van der Waals surface area (Å²) in [5.74, 6) is -0.522. The smallest absolute Gasteiger partial charge is 0.326 e. The van der Waals surface area contributed by atoms with Crippen molar-refractivity contribution in [3.05, 3.63) is 0 Å². The van der Waals surface area contributed by atoms with Crippen molar-refractivity contribution >= 4 is 24.5 Å². The Hall–Kier alpha value is -0.710. The van der Waals surface area contributed by atoms with Gasteiger partial charge in [0, 0.05) is 13.0 Å². The molecule has 1 heterocycles. The molecule has 1 aliphatic heterocycles. The lowest BCUT2D eigenvalue weighted by Gasteiger charge is -2.20. The van der Waals surface area contributed by atoms with E-state index in [1.165, 1.54) is 4.90 Å². The number of hydrogen-bond acceptors (Lipinski definition) is 3. The highest BCUT2D eigenvalue weighted by molar-refractivity contribution is 7.80. The lowest BCUT2D eigenvalue weighted by molar-refractivity contribution is -0.148. The van der Waals surface area contributed by atoms with E-state index < -0.39 is 12.0 Å². The third-order valence-corrected chi connectivity index (χ3v) is 2.41. The van der Waals surface area contributed by atoms with Gasteiger partial charge in [-0.25, -0.2) is 4.79 Å². The molecule has 0 saturated carbocycles. The Labute approximate surface area is 82.3 Å². The molecule has 0 aromatic heterocycles. The van der Waals surface area contributed by atoms with Gasteiger partial charge >= 0.3 is 5.97 Å². The van der Waals surface area contributed by atoms with Crippen molar-refractivity contribution in [1.82, 2.24) is 4.90 Å². The van der Waals surface area contributed by atoms with Gasteiger partial charge in [-0.3, -0.25) is 4.79 Å². The Morgan fingerprint density at radius 1 is 1.54 bits per heavy atom. The van der Waals surface area contributed by atoms with E-state index in [1.807, 2.05) is 0 Å². The molecule has 13 heavy (non-hydrogen) atoms. The number of amides is 1. The molecule has 0 unspecified atom stereocenters. The van der Waals surface area contributed by atoms with Crippen molar-refractivity contribution in [1.29, 1.82) is 0 Å². The van der Waals surface area contributed by atoms with E-state index in [9.17, 15) is 9.59 Å². The molecule has 1 aliphatic rings. The highest BCUT2D eigenvalue weighted by Gasteiger charge is 2.33. The maximum Gasteiger partial charge on any atom is 0.326 e. The first kappa shape index (κ1) is 10.4. The fourth-order valence-electron chi connectivity index (χ4n) is 1.56. The normalized spacial score (nSPS) is 21.9. The van der Waals surface area contributed by atoms with Gasteiger partial charge in [-0.15, -0.1) is 0 Å². The molecule has 5 heteroatoms. The first-order chi connectivity index (χ1) is 6.16. The van der Waals surface area contributed by atoms with Crippen molar-refractivity contribution < 1.29 is 14.7 Å². The molecule has 1 amide bonds. The Morgan fingerprint density at radius 3 is 2.77 bits per heavy atom. The summed E-state index contributed by atoms with van der Waals surface area (Å²) in [4.78, 5) is 23.5. The van der Waals surface area contributed by atoms with Crippen LogP contribution in [-0.4, -0.2) is 40.2 Å². The number of carboxylic acids is 1. The molecule has 0 bridgehead atoms. The standard InChI is InChI=1S/C8H13NO3S/c10-7(3-5-13)9-4-1-2-6(9)8(11)12/h6,13H,1-5H2,(H,11,12)/t6-/m0/s1. The van der Waals surface area contributed by atoms with Crippen molar-refractivity contribution in [2.24, 2.45) is 0 Å². The highest BCUT2D eigenvalue weighted by Crippen LogP contribution is 2.18. The number of rotatable bonds is 3. The molecule has 0 aromatic rings. The molecule has 0 aliphatic carbocycles. The third-order valence-electron chi connectivity index (χ3n) is 2.18. The maximum absolute atomic E-state index is 11.4. The molecule has 4 nitrogen and oxygen atoms in total. The second-order valence-corrected chi connectivity index (χ2v) is 3.50. The Balaban J connectivity index is 2.57. The zero-order chi connectivity index (χ0) is 9.84. The molecule has 1 atom stereocenters. The predicted molar refractivity (Wildman–Crippen MR) is 50.8 cm³/mol. The SMILES string of the molecule is O=C(O)[C@@H]1CCCN1C(=O)CCS. The van der Waals surface area contributed by atoms with Gasteiger partial charge in [-0.05, 0) is 18.6 Å². The van der Waals surface area contributed by atoms with Crippen LogP contribution in [0.1, 0.15) is 19.3 Å². The average Bonchev–Trinajstić information content (AvgIpc) is 2.52. The second kappa shape index (κ2) is 4.50. The molecule has 1 N–H and O–H groups in total. The van der Waals surface area contributed by atoms with E-state index in [0.29, 0.717) is 25.1 Å². The molecule has 0 spiro atoms. The Kier molecular flexibility index (Phi) is 3.59. The second-order valence-electron chi connectivity index (χ2n) is 3.06. The minimum atomic E-state index is -0.898. The van der Waals surface area contributed by atoms with E-state index in [1.54, 1.807) is 0 Å². The summed E-state index contributed by atoms with van der Waals surface area (Å²) >= 11 is 3.94. The van der Waals surface area contributed by atoms with Crippen molar-refractivity contribution in [3.63, 3.8) is 0 Å². The van der Waals surface area contributed by atoms with Crippen LogP contribution in [0.4, 0.5) is 0 Å². The number of likely N-dealkylation sites (tertiary alicyclic amines) is 1. The van der Waals surface area contributed by atoms with Gasteiger partial charge in [-0.1, -0.05) is 0 Å². The zero-order valence-electron chi connectivity index (χ0n) is 7.27. The van der Waals surface area contributed by atoms with Crippen molar-refractivity contribution in [2.45, 2.75) is 25.3 Å². The summed E-state index contributed by atoms with van der Waals surface area (Å²) in [6, 6.07) is -0.604. The topological polar surface area (TPSA) is 57.6 Å². The lowest BCUT2D eigenvalue weighted by atomic mass is 10.2. The van der Waals surface area contributed by atoms with Crippen LogP contribution in [0.25, 0.3) is 0 Å². The fraction of sp³-hybridized carbons (Fsp3) is 0.750. The summed E-state index contributed by atoms with van der Waals surface area (Å²) < 4.78 is 0. The van der Waals surface area contributed by atoms with Crippen LogP contribution in [0.3, 0.4) is 0 Å². The number of thiol groups is 1. The van der Waals surface area contributed by atoms with Crippen LogP contribution in [0.5, 0.6) is 0 Å². The summed E-state index contributed by atoms with van der Waals surface area (Å²) in [5.41, 5.74) is 0. The van der Waals surface area contributed by atoms with Gasteiger partial charge in [0.2, 0.25) is 5.91 Å². The number of carbonyl (C=O) groups is 2. The van der Waals surface area contributed by atoms with Gasteiger partial charge in [0.1, 0.15) is 6.04 Å². The van der Waals surface area contributed by atoms with E-state index in [-0.39, 0.29) is 5.91 Å². The van der Waals surface area contributed by atoms with E-state index in [0.717, 1.165) is 6.42 Å². The first-order valence-electron chi connectivity index (χ1n) is 4.30. The molecular formula is C8H13NO3S. The van der Waals surface area contributed by atoms with Gasteiger partial charge in [0.05, 0.1) is 0 Å². The molecule has 74 valence electrons. The molecule has 0 radical (unpaired) electrons. The summed E-state index contributed by atoms with van der Waals surface area (Å²) in [6.45, 7) is 0.573.